The molecule has 0 amide bonds. The van der Waals surface area contributed by atoms with Crippen molar-refractivity contribution in [1.82, 2.24) is 15.0 Å². The maximum Gasteiger partial charge on any atom is 0.322 e. The molecule has 1 aliphatic rings. The summed E-state index contributed by atoms with van der Waals surface area (Å²) < 4.78 is 10.2. The number of methoxy groups -OCH3 is 2. The fourth-order valence-corrected chi connectivity index (χ4v) is 2.35. The summed E-state index contributed by atoms with van der Waals surface area (Å²) in [6.45, 7) is 3.47. The molecule has 0 spiro atoms. The van der Waals surface area contributed by atoms with E-state index in [-0.39, 0.29) is 0 Å². The van der Waals surface area contributed by atoms with Gasteiger partial charge in [-0.1, -0.05) is 12.8 Å². The lowest BCUT2D eigenvalue weighted by atomic mass is 10.2. The molecule has 0 atom stereocenters. The number of nitrogens with one attached hydrogen (secondary N) is 1. The van der Waals surface area contributed by atoms with Crippen LogP contribution in [0, 0.1) is 0 Å². The first-order chi connectivity index (χ1) is 10.3. The smallest absolute Gasteiger partial charge is 0.322 e. The van der Waals surface area contributed by atoms with E-state index in [0.717, 1.165) is 26.1 Å². The van der Waals surface area contributed by atoms with Gasteiger partial charge < -0.3 is 19.7 Å². The Morgan fingerprint density at radius 3 is 2.48 bits per heavy atom. The van der Waals surface area contributed by atoms with Gasteiger partial charge in [-0.15, -0.1) is 0 Å². The minimum atomic E-state index is 0.360. The minimum absolute atomic E-state index is 0.360. The van der Waals surface area contributed by atoms with Crippen molar-refractivity contribution in [2.75, 3.05) is 50.7 Å². The molecule has 118 valence electrons. The fourth-order valence-electron chi connectivity index (χ4n) is 2.35. The van der Waals surface area contributed by atoms with Crippen molar-refractivity contribution in [2.45, 2.75) is 32.1 Å². The largest absolute Gasteiger partial charge is 0.467 e. The molecule has 7 nitrogen and oxygen atoms in total. The number of hydrogen-bond donors (Lipinski definition) is 1. The lowest BCUT2D eigenvalue weighted by Crippen LogP contribution is -2.26. The zero-order valence-electron chi connectivity index (χ0n) is 13.0. The summed E-state index contributed by atoms with van der Waals surface area (Å²) in [5.41, 5.74) is 0. The molecule has 1 aromatic rings. The molecule has 0 radical (unpaired) electrons. The second-order valence-electron chi connectivity index (χ2n) is 5.12. The Kier molecular flexibility index (Phi) is 6.46. The van der Waals surface area contributed by atoms with Crippen molar-refractivity contribution in [3.8, 4) is 6.01 Å². The van der Waals surface area contributed by atoms with Crippen LogP contribution in [0.25, 0.3) is 0 Å². The molecular weight excluding hydrogens is 270 g/mol. The molecule has 0 saturated carbocycles. The lowest BCUT2D eigenvalue weighted by Gasteiger charge is -2.20. The van der Waals surface area contributed by atoms with E-state index in [0.29, 0.717) is 24.5 Å². The van der Waals surface area contributed by atoms with Crippen molar-refractivity contribution in [2.24, 2.45) is 0 Å². The molecule has 2 rings (SSSR count). The van der Waals surface area contributed by atoms with Crippen LogP contribution in [-0.2, 0) is 4.74 Å². The summed E-state index contributed by atoms with van der Waals surface area (Å²) in [5.74, 6) is 1.27. The Hall–Kier alpha value is -1.63. The van der Waals surface area contributed by atoms with Gasteiger partial charge in [-0.05, 0) is 19.3 Å². The van der Waals surface area contributed by atoms with Crippen molar-refractivity contribution in [1.29, 1.82) is 0 Å². The standard InChI is InChI=1S/C14H25N5O2/c1-20-11-7-8-15-12-16-13(18-14(17-12)21-2)19-9-5-3-4-6-10-19/h3-11H2,1-2H3,(H,15,16,17,18). The first-order valence-corrected chi connectivity index (χ1v) is 7.61. The summed E-state index contributed by atoms with van der Waals surface area (Å²) in [7, 11) is 3.28. The van der Waals surface area contributed by atoms with Crippen molar-refractivity contribution in [3.63, 3.8) is 0 Å². The van der Waals surface area contributed by atoms with E-state index in [9.17, 15) is 0 Å². The molecule has 0 aromatic carbocycles. The van der Waals surface area contributed by atoms with Crippen molar-refractivity contribution < 1.29 is 9.47 Å². The van der Waals surface area contributed by atoms with Gasteiger partial charge >= 0.3 is 6.01 Å². The number of aromatic nitrogens is 3. The monoisotopic (exact) mass is 295 g/mol. The van der Waals surface area contributed by atoms with Crippen molar-refractivity contribution in [3.05, 3.63) is 0 Å². The van der Waals surface area contributed by atoms with Gasteiger partial charge in [0.15, 0.2) is 0 Å². The molecular formula is C14H25N5O2. The molecule has 0 unspecified atom stereocenters. The van der Waals surface area contributed by atoms with Crippen LogP contribution < -0.4 is 15.0 Å². The van der Waals surface area contributed by atoms with Gasteiger partial charge in [0, 0.05) is 33.4 Å². The molecule has 0 aliphatic carbocycles. The Morgan fingerprint density at radius 2 is 1.81 bits per heavy atom. The van der Waals surface area contributed by atoms with Crippen LogP contribution in [0.2, 0.25) is 0 Å². The third-order valence-electron chi connectivity index (χ3n) is 3.48. The van der Waals surface area contributed by atoms with Gasteiger partial charge in [-0.25, -0.2) is 0 Å². The molecule has 1 aromatic heterocycles. The lowest BCUT2D eigenvalue weighted by molar-refractivity contribution is 0.197. The maximum absolute atomic E-state index is 5.19. The number of nitrogens with zero attached hydrogens (tertiary/aromatic N) is 4. The first kappa shape index (κ1) is 15.8. The third-order valence-corrected chi connectivity index (χ3v) is 3.48. The summed E-state index contributed by atoms with van der Waals surface area (Å²) in [6.07, 6.45) is 5.83. The predicted molar refractivity (Wildman–Crippen MR) is 82.0 cm³/mol. The quantitative estimate of drug-likeness (QED) is 0.768. The Labute approximate surface area is 126 Å². The highest BCUT2D eigenvalue weighted by molar-refractivity contribution is 5.38. The van der Waals surface area contributed by atoms with E-state index in [2.05, 4.69) is 25.2 Å². The maximum atomic E-state index is 5.19. The second kappa shape index (κ2) is 8.61. The van der Waals surface area contributed by atoms with Crippen LogP contribution in [0.1, 0.15) is 32.1 Å². The number of ether oxygens (including phenoxy) is 2. The molecule has 1 saturated heterocycles. The fraction of sp³-hybridized carbons (Fsp3) is 0.786. The molecule has 7 heteroatoms. The zero-order valence-corrected chi connectivity index (χ0v) is 13.0. The highest BCUT2D eigenvalue weighted by Gasteiger charge is 2.15. The van der Waals surface area contributed by atoms with Crippen LogP contribution in [0.3, 0.4) is 0 Å². The second-order valence-corrected chi connectivity index (χ2v) is 5.12. The topological polar surface area (TPSA) is 72.4 Å². The Bertz CT molecular complexity index is 422. The predicted octanol–water partition coefficient (Wildman–Crippen LogP) is 1.71. The number of anilines is 2. The van der Waals surface area contributed by atoms with E-state index >= 15 is 0 Å². The molecule has 0 bridgehead atoms. The SMILES string of the molecule is COCCCNc1nc(OC)nc(N2CCCCCC2)n1. The van der Waals surface area contributed by atoms with Crippen molar-refractivity contribution >= 4 is 11.9 Å². The molecule has 1 N–H and O–H groups in total. The minimum Gasteiger partial charge on any atom is -0.467 e. The van der Waals surface area contributed by atoms with Gasteiger partial charge in [0.05, 0.1) is 7.11 Å². The van der Waals surface area contributed by atoms with Crippen LogP contribution >= 0.6 is 0 Å². The van der Waals surface area contributed by atoms with Crippen LogP contribution in [-0.4, -0.2) is 55.4 Å². The summed E-state index contributed by atoms with van der Waals surface area (Å²) in [4.78, 5) is 15.4. The van der Waals surface area contributed by atoms with E-state index in [4.69, 9.17) is 9.47 Å². The summed E-state index contributed by atoms with van der Waals surface area (Å²) >= 11 is 0. The zero-order chi connectivity index (χ0) is 14.9. The number of rotatable bonds is 7. The summed E-state index contributed by atoms with van der Waals surface area (Å²) in [6, 6.07) is 0.360. The Morgan fingerprint density at radius 1 is 1.05 bits per heavy atom. The van der Waals surface area contributed by atoms with Gasteiger partial charge in [-0.3, -0.25) is 0 Å². The van der Waals surface area contributed by atoms with Crippen LogP contribution in [0.5, 0.6) is 6.01 Å². The van der Waals surface area contributed by atoms with E-state index in [1.807, 2.05) is 0 Å². The molecule has 1 aliphatic heterocycles. The van der Waals surface area contributed by atoms with Crippen LogP contribution in [0.15, 0.2) is 0 Å². The average Bonchev–Trinajstić information content (AvgIpc) is 2.80. The Balaban J connectivity index is 2.05. The highest BCUT2D eigenvalue weighted by atomic mass is 16.5. The van der Waals surface area contributed by atoms with Gasteiger partial charge in [0.2, 0.25) is 11.9 Å². The summed E-state index contributed by atoms with van der Waals surface area (Å²) in [5, 5.41) is 3.20. The van der Waals surface area contributed by atoms with Gasteiger partial charge in [0.1, 0.15) is 0 Å². The molecule has 1 fully saturated rings. The van der Waals surface area contributed by atoms with Gasteiger partial charge in [0.25, 0.3) is 0 Å². The average molecular weight is 295 g/mol. The highest BCUT2D eigenvalue weighted by Crippen LogP contribution is 2.19. The molecule has 2 heterocycles. The van der Waals surface area contributed by atoms with E-state index in [1.54, 1.807) is 14.2 Å². The third kappa shape index (κ3) is 5.00. The van der Waals surface area contributed by atoms with E-state index < -0.39 is 0 Å². The first-order valence-electron chi connectivity index (χ1n) is 7.61. The molecule has 21 heavy (non-hydrogen) atoms. The normalized spacial score (nSPS) is 15.6. The number of hydrogen-bond acceptors (Lipinski definition) is 7. The van der Waals surface area contributed by atoms with Gasteiger partial charge in [-0.2, -0.15) is 15.0 Å². The van der Waals surface area contributed by atoms with Crippen LogP contribution in [0.4, 0.5) is 11.9 Å². The van der Waals surface area contributed by atoms with E-state index in [1.165, 1.54) is 25.7 Å².